The zero-order valence-electron chi connectivity index (χ0n) is 20.9. The number of amides is 4. The number of nitrogens with one attached hydrogen (secondary N) is 2. The maximum absolute atomic E-state index is 13.9. The third-order valence-corrected chi connectivity index (χ3v) is 6.39. The Kier molecular flexibility index (Phi) is 7.43. The molecule has 2 atom stereocenters. The van der Waals surface area contributed by atoms with Crippen LogP contribution >= 0.6 is 0 Å². The molecular weight excluding hydrogens is 456 g/mol. The number of urea groups is 1. The molecule has 188 valence electrons. The molecule has 2 aromatic carbocycles. The second-order valence-electron chi connectivity index (χ2n) is 9.13. The largest absolute Gasteiger partial charge is 0.457 e. The molecule has 0 fully saturated rings. The van der Waals surface area contributed by atoms with E-state index in [1.165, 1.54) is 0 Å². The average molecular weight is 489 g/mol. The quantitative estimate of drug-likeness (QED) is 0.522. The molecule has 2 aromatic rings. The molecule has 0 aromatic heterocycles. The van der Waals surface area contributed by atoms with Crippen molar-refractivity contribution in [2.45, 2.75) is 32.9 Å². The second-order valence-corrected chi connectivity index (χ2v) is 9.13. The van der Waals surface area contributed by atoms with Crippen LogP contribution < -0.4 is 15.4 Å². The molecule has 0 saturated heterocycles. The predicted octanol–water partition coefficient (Wildman–Crippen LogP) is 3.99. The van der Waals surface area contributed by atoms with Crippen LogP contribution in [0.5, 0.6) is 11.5 Å². The van der Waals surface area contributed by atoms with E-state index in [0.29, 0.717) is 35.9 Å². The van der Waals surface area contributed by atoms with Gasteiger partial charge in [-0.1, -0.05) is 50.3 Å². The topological polar surface area (TPSA) is 91.0 Å². The highest BCUT2D eigenvalue weighted by atomic mass is 16.5. The lowest BCUT2D eigenvalue weighted by Gasteiger charge is -2.33. The van der Waals surface area contributed by atoms with E-state index in [-0.39, 0.29) is 30.3 Å². The van der Waals surface area contributed by atoms with Gasteiger partial charge in [0.1, 0.15) is 17.5 Å². The van der Waals surface area contributed by atoms with Crippen LogP contribution in [0.2, 0.25) is 0 Å². The van der Waals surface area contributed by atoms with Crippen molar-refractivity contribution < 1.29 is 19.1 Å². The number of para-hydroxylation sites is 1. The van der Waals surface area contributed by atoms with Gasteiger partial charge in [-0.2, -0.15) is 0 Å². The standard InChI is InChI=1S/C28H32N4O4/c1-5-15-29-26(33)25(18(3)4)32-17-22-23(27(32)34)24(30-28(35)31(22)6-2)19-11-10-14-21(16-19)36-20-12-8-7-9-13-20/h5,7-14,16,18,24-25H,1,6,15,17H2,2-4H3,(H,29,33)(H,30,35). The first-order valence-corrected chi connectivity index (χ1v) is 12.2. The summed E-state index contributed by atoms with van der Waals surface area (Å²) in [6.45, 7) is 10.2. The molecule has 0 spiro atoms. The summed E-state index contributed by atoms with van der Waals surface area (Å²) in [4.78, 5) is 43.0. The summed E-state index contributed by atoms with van der Waals surface area (Å²) >= 11 is 0. The van der Waals surface area contributed by atoms with Gasteiger partial charge in [0.05, 0.1) is 23.9 Å². The van der Waals surface area contributed by atoms with E-state index >= 15 is 0 Å². The number of hydrogen-bond acceptors (Lipinski definition) is 4. The van der Waals surface area contributed by atoms with Crippen molar-refractivity contribution in [1.82, 2.24) is 20.4 Å². The van der Waals surface area contributed by atoms with Crippen molar-refractivity contribution in [2.24, 2.45) is 5.92 Å². The average Bonchev–Trinajstić information content (AvgIpc) is 3.19. The minimum atomic E-state index is -0.676. The molecule has 0 saturated carbocycles. The lowest BCUT2D eigenvalue weighted by Crippen LogP contribution is -2.51. The van der Waals surface area contributed by atoms with Crippen LogP contribution in [-0.2, 0) is 9.59 Å². The molecule has 2 heterocycles. The number of carbonyl (C=O) groups is 3. The summed E-state index contributed by atoms with van der Waals surface area (Å²) in [5.41, 5.74) is 1.84. The van der Waals surface area contributed by atoms with Crippen LogP contribution in [0.3, 0.4) is 0 Å². The molecule has 4 rings (SSSR count). The minimum Gasteiger partial charge on any atom is -0.457 e. The molecule has 8 heteroatoms. The van der Waals surface area contributed by atoms with Crippen molar-refractivity contribution in [3.05, 3.63) is 84.1 Å². The fraction of sp³-hybridized carbons (Fsp3) is 0.321. The smallest absolute Gasteiger partial charge is 0.322 e. The molecule has 0 bridgehead atoms. The van der Waals surface area contributed by atoms with E-state index in [4.69, 9.17) is 4.74 Å². The Labute approximate surface area is 211 Å². The SMILES string of the molecule is C=CCNC(=O)C(C(C)C)N1CC2=C(C1=O)C(c1cccc(Oc3ccccc3)c1)NC(=O)N2CC. The lowest BCUT2D eigenvalue weighted by molar-refractivity contribution is -0.138. The first-order chi connectivity index (χ1) is 17.3. The molecule has 0 aliphatic carbocycles. The number of benzene rings is 2. The fourth-order valence-electron chi connectivity index (χ4n) is 4.79. The number of ether oxygens (including phenoxy) is 1. The summed E-state index contributed by atoms with van der Waals surface area (Å²) in [5.74, 6) is 0.664. The van der Waals surface area contributed by atoms with Crippen LogP contribution in [-0.4, -0.2) is 53.3 Å². The van der Waals surface area contributed by atoms with Gasteiger partial charge in [0, 0.05) is 13.1 Å². The first kappa shape index (κ1) is 25.0. The van der Waals surface area contributed by atoms with Crippen molar-refractivity contribution in [1.29, 1.82) is 0 Å². The highest BCUT2D eigenvalue weighted by Gasteiger charge is 2.47. The van der Waals surface area contributed by atoms with E-state index in [0.717, 1.165) is 5.56 Å². The van der Waals surface area contributed by atoms with Crippen molar-refractivity contribution in [2.75, 3.05) is 19.6 Å². The molecular formula is C28H32N4O4. The highest BCUT2D eigenvalue weighted by molar-refractivity contribution is 6.03. The van der Waals surface area contributed by atoms with Gasteiger partial charge < -0.3 is 20.3 Å². The Morgan fingerprint density at radius 1 is 1.17 bits per heavy atom. The third-order valence-electron chi connectivity index (χ3n) is 6.39. The van der Waals surface area contributed by atoms with Gasteiger partial charge in [-0.05, 0) is 42.7 Å². The normalized spacial score (nSPS) is 18.2. The maximum Gasteiger partial charge on any atom is 0.322 e. The van der Waals surface area contributed by atoms with E-state index in [9.17, 15) is 14.4 Å². The van der Waals surface area contributed by atoms with Gasteiger partial charge in [0.2, 0.25) is 5.91 Å². The summed E-state index contributed by atoms with van der Waals surface area (Å²) in [6.07, 6.45) is 1.60. The van der Waals surface area contributed by atoms with Crippen LogP contribution in [0.1, 0.15) is 32.4 Å². The predicted molar refractivity (Wildman–Crippen MR) is 137 cm³/mol. The molecule has 8 nitrogen and oxygen atoms in total. The van der Waals surface area contributed by atoms with Crippen molar-refractivity contribution in [3.63, 3.8) is 0 Å². The van der Waals surface area contributed by atoms with Gasteiger partial charge in [-0.15, -0.1) is 6.58 Å². The Balaban J connectivity index is 1.69. The molecule has 2 aliphatic rings. The zero-order valence-corrected chi connectivity index (χ0v) is 20.9. The summed E-state index contributed by atoms with van der Waals surface area (Å²) in [5, 5.41) is 5.81. The van der Waals surface area contributed by atoms with Crippen molar-refractivity contribution in [3.8, 4) is 11.5 Å². The summed E-state index contributed by atoms with van der Waals surface area (Å²) < 4.78 is 5.98. The first-order valence-electron chi connectivity index (χ1n) is 12.2. The summed E-state index contributed by atoms with van der Waals surface area (Å²) in [6, 6.07) is 15.2. The maximum atomic E-state index is 13.9. The molecule has 0 radical (unpaired) electrons. The molecule has 2 N–H and O–H groups in total. The van der Waals surface area contributed by atoms with Gasteiger partial charge >= 0.3 is 6.03 Å². The molecule has 2 unspecified atom stereocenters. The van der Waals surface area contributed by atoms with Crippen LogP contribution in [0.25, 0.3) is 0 Å². The molecule has 4 amide bonds. The zero-order chi connectivity index (χ0) is 25.8. The van der Waals surface area contributed by atoms with Crippen molar-refractivity contribution >= 4 is 17.8 Å². The lowest BCUT2D eigenvalue weighted by atomic mass is 9.95. The number of hydrogen-bond donors (Lipinski definition) is 2. The Morgan fingerprint density at radius 2 is 1.89 bits per heavy atom. The number of rotatable bonds is 9. The van der Waals surface area contributed by atoms with Crippen LogP contribution in [0.15, 0.2) is 78.5 Å². The Hall–Kier alpha value is -4.07. The van der Waals surface area contributed by atoms with E-state index in [1.807, 2.05) is 75.4 Å². The number of nitrogens with zero attached hydrogens (tertiary/aromatic N) is 2. The second kappa shape index (κ2) is 10.7. The van der Waals surface area contributed by atoms with E-state index < -0.39 is 12.1 Å². The van der Waals surface area contributed by atoms with Gasteiger partial charge in [0.25, 0.3) is 5.91 Å². The molecule has 2 aliphatic heterocycles. The summed E-state index contributed by atoms with van der Waals surface area (Å²) in [7, 11) is 0. The van der Waals surface area contributed by atoms with E-state index in [1.54, 1.807) is 15.9 Å². The monoisotopic (exact) mass is 488 g/mol. The van der Waals surface area contributed by atoms with Gasteiger partial charge in [0.15, 0.2) is 0 Å². The number of carbonyl (C=O) groups excluding carboxylic acids is 3. The Bertz CT molecular complexity index is 1190. The fourth-order valence-corrected chi connectivity index (χ4v) is 4.79. The Morgan fingerprint density at radius 3 is 2.56 bits per heavy atom. The third kappa shape index (κ3) is 4.84. The van der Waals surface area contributed by atoms with Crippen LogP contribution in [0, 0.1) is 5.92 Å². The molecule has 36 heavy (non-hydrogen) atoms. The minimum absolute atomic E-state index is 0.125. The van der Waals surface area contributed by atoms with E-state index in [2.05, 4.69) is 17.2 Å². The number of likely N-dealkylation sites (N-methyl/N-ethyl adjacent to an activating group) is 1. The van der Waals surface area contributed by atoms with Crippen LogP contribution in [0.4, 0.5) is 4.79 Å². The van der Waals surface area contributed by atoms with Gasteiger partial charge in [-0.3, -0.25) is 14.5 Å². The van der Waals surface area contributed by atoms with Gasteiger partial charge in [-0.25, -0.2) is 4.79 Å². The highest BCUT2D eigenvalue weighted by Crippen LogP contribution is 2.38.